The molecule has 0 aliphatic heterocycles. The lowest BCUT2D eigenvalue weighted by Crippen LogP contribution is -2.18. The number of benzene rings is 1. The summed E-state index contributed by atoms with van der Waals surface area (Å²) in [7, 11) is 0. The molecule has 1 aromatic carbocycles. The maximum atomic E-state index is 12.3. The number of carbonyl (C=O) groups excluding carboxylic acids is 2. The van der Waals surface area contributed by atoms with Gasteiger partial charge in [-0.3, -0.25) is 0 Å². The first kappa shape index (κ1) is 20.2. The standard InChI is InChI=1S/C20H30O4/c1-19(2,3)11-13-23-17(21)15-9-7-8-10-16(15)18(22)24-14-12-20(4,5)6/h7-10H,11-14H2,1-6H3. The van der Waals surface area contributed by atoms with E-state index in [-0.39, 0.29) is 22.0 Å². The highest BCUT2D eigenvalue weighted by Gasteiger charge is 2.20. The van der Waals surface area contributed by atoms with E-state index in [4.69, 9.17) is 9.47 Å². The summed E-state index contributed by atoms with van der Waals surface area (Å²) in [5.41, 5.74) is 0.691. The van der Waals surface area contributed by atoms with E-state index in [2.05, 4.69) is 41.5 Å². The molecule has 0 aliphatic rings. The van der Waals surface area contributed by atoms with E-state index in [1.165, 1.54) is 0 Å². The van der Waals surface area contributed by atoms with Crippen molar-refractivity contribution in [3.8, 4) is 0 Å². The molecular formula is C20H30O4. The van der Waals surface area contributed by atoms with Crippen LogP contribution in [-0.2, 0) is 9.47 Å². The Morgan fingerprint density at radius 1 is 0.750 bits per heavy atom. The third kappa shape index (κ3) is 7.62. The highest BCUT2D eigenvalue weighted by Crippen LogP contribution is 2.20. The zero-order valence-electron chi connectivity index (χ0n) is 15.8. The number of carbonyl (C=O) groups is 2. The van der Waals surface area contributed by atoms with Crippen LogP contribution in [0, 0.1) is 10.8 Å². The van der Waals surface area contributed by atoms with E-state index in [0.29, 0.717) is 13.2 Å². The van der Waals surface area contributed by atoms with Gasteiger partial charge in [0.05, 0.1) is 24.3 Å². The molecule has 0 bridgehead atoms. The molecule has 4 nitrogen and oxygen atoms in total. The monoisotopic (exact) mass is 334 g/mol. The molecule has 4 heteroatoms. The first-order valence-electron chi connectivity index (χ1n) is 8.43. The normalized spacial score (nSPS) is 11.9. The van der Waals surface area contributed by atoms with Gasteiger partial charge >= 0.3 is 11.9 Å². The van der Waals surface area contributed by atoms with Gasteiger partial charge in [-0.15, -0.1) is 0 Å². The van der Waals surface area contributed by atoms with Crippen molar-refractivity contribution in [2.24, 2.45) is 10.8 Å². The van der Waals surface area contributed by atoms with Crippen LogP contribution in [-0.4, -0.2) is 25.2 Å². The van der Waals surface area contributed by atoms with Crippen molar-refractivity contribution in [1.82, 2.24) is 0 Å². The fourth-order valence-corrected chi connectivity index (χ4v) is 1.89. The van der Waals surface area contributed by atoms with Crippen LogP contribution in [0.25, 0.3) is 0 Å². The number of rotatable bonds is 6. The summed E-state index contributed by atoms with van der Waals surface area (Å²) in [6.45, 7) is 13.2. The second-order valence-electron chi connectivity index (χ2n) is 8.44. The summed E-state index contributed by atoms with van der Waals surface area (Å²) < 4.78 is 10.6. The minimum Gasteiger partial charge on any atom is -0.462 e. The predicted molar refractivity (Wildman–Crippen MR) is 95.2 cm³/mol. The van der Waals surface area contributed by atoms with Crippen molar-refractivity contribution in [3.63, 3.8) is 0 Å². The van der Waals surface area contributed by atoms with Gasteiger partial charge in [-0.1, -0.05) is 53.7 Å². The molecular weight excluding hydrogens is 304 g/mol. The SMILES string of the molecule is CC(C)(C)CCOC(=O)c1ccccc1C(=O)OCCC(C)(C)C. The molecule has 0 saturated heterocycles. The maximum absolute atomic E-state index is 12.3. The second kappa shape index (κ2) is 8.32. The summed E-state index contributed by atoms with van der Waals surface area (Å²) in [6.07, 6.45) is 1.52. The van der Waals surface area contributed by atoms with E-state index < -0.39 is 11.9 Å². The van der Waals surface area contributed by atoms with Crippen LogP contribution >= 0.6 is 0 Å². The minimum atomic E-state index is -0.484. The lowest BCUT2D eigenvalue weighted by atomic mass is 9.93. The lowest BCUT2D eigenvalue weighted by Gasteiger charge is -2.18. The van der Waals surface area contributed by atoms with Gasteiger partial charge < -0.3 is 9.47 Å². The Morgan fingerprint density at radius 2 is 1.08 bits per heavy atom. The summed E-state index contributed by atoms with van der Waals surface area (Å²) in [5, 5.41) is 0. The first-order valence-corrected chi connectivity index (χ1v) is 8.43. The number of esters is 2. The van der Waals surface area contributed by atoms with Crippen molar-refractivity contribution in [2.75, 3.05) is 13.2 Å². The predicted octanol–water partition coefficient (Wildman–Crippen LogP) is 4.87. The van der Waals surface area contributed by atoms with Crippen LogP contribution in [0.1, 0.15) is 75.1 Å². The molecule has 0 atom stereocenters. The Hall–Kier alpha value is -1.84. The van der Waals surface area contributed by atoms with Crippen molar-refractivity contribution < 1.29 is 19.1 Å². The second-order valence-corrected chi connectivity index (χ2v) is 8.44. The summed E-state index contributed by atoms with van der Waals surface area (Å²) >= 11 is 0. The van der Waals surface area contributed by atoms with Crippen LogP contribution in [0.15, 0.2) is 24.3 Å². The molecule has 0 N–H and O–H groups in total. The van der Waals surface area contributed by atoms with Gasteiger partial charge in [0.15, 0.2) is 0 Å². The van der Waals surface area contributed by atoms with Crippen LogP contribution in [0.2, 0.25) is 0 Å². The Labute approximate surface area is 145 Å². The number of hydrogen-bond acceptors (Lipinski definition) is 4. The molecule has 0 saturated carbocycles. The molecule has 1 aromatic rings. The quantitative estimate of drug-likeness (QED) is 0.696. The molecule has 0 heterocycles. The zero-order valence-corrected chi connectivity index (χ0v) is 15.8. The Morgan fingerprint density at radius 3 is 1.38 bits per heavy atom. The molecule has 24 heavy (non-hydrogen) atoms. The fraction of sp³-hybridized carbons (Fsp3) is 0.600. The average molecular weight is 334 g/mol. The lowest BCUT2D eigenvalue weighted by molar-refractivity contribution is 0.0416. The molecule has 0 fully saturated rings. The third-order valence-electron chi connectivity index (χ3n) is 3.54. The van der Waals surface area contributed by atoms with Crippen LogP contribution in [0.3, 0.4) is 0 Å². The van der Waals surface area contributed by atoms with Gasteiger partial charge in [0, 0.05) is 0 Å². The molecule has 0 amide bonds. The van der Waals surface area contributed by atoms with Crippen molar-refractivity contribution in [2.45, 2.75) is 54.4 Å². The summed E-state index contributed by atoms with van der Waals surface area (Å²) in [6, 6.07) is 6.62. The average Bonchev–Trinajstić information content (AvgIpc) is 2.44. The number of hydrogen-bond donors (Lipinski definition) is 0. The van der Waals surface area contributed by atoms with E-state index in [9.17, 15) is 9.59 Å². The van der Waals surface area contributed by atoms with E-state index in [1.54, 1.807) is 24.3 Å². The first-order chi connectivity index (χ1) is 11.0. The summed E-state index contributed by atoms with van der Waals surface area (Å²) in [4.78, 5) is 24.5. The minimum absolute atomic E-state index is 0.0890. The van der Waals surface area contributed by atoms with Gasteiger partial charge in [-0.05, 0) is 35.8 Å². The molecule has 134 valence electrons. The molecule has 0 spiro atoms. The smallest absolute Gasteiger partial charge is 0.339 e. The Kier molecular flexibility index (Phi) is 7.00. The molecule has 0 radical (unpaired) electrons. The van der Waals surface area contributed by atoms with Gasteiger partial charge in [-0.25, -0.2) is 9.59 Å². The molecule has 1 rings (SSSR count). The van der Waals surface area contributed by atoms with Crippen LogP contribution in [0.4, 0.5) is 0 Å². The third-order valence-corrected chi connectivity index (χ3v) is 3.54. The van der Waals surface area contributed by atoms with Gasteiger partial charge in [0.1, 0.15) is 0 Å². The fourth-order valence-electron chi connectivity index (χ4n) is 1.89. The highest BCUT2D eigenvalue weighted by atomic mass is 16.5. The Bertz CT molecular complexity index is 511. The largest absolute Gasteiger partial charge is 0.462 e. The van der Waals surface area contributed by atoms with E-state index in [1.807, 2.05) is 0 Å². The van der Waals surface area contributed by atoms with Gasteiger partial charge in [0.2, 0.25) is 0 Å². The molecule has 0 aromatic heterocycles. The van der Waals surface area contributed by atoms with Crippen LogP contribution < -0.4 is 0 Å². The number of ether oxygens (including phenoxy) is 2. The molecule has 0 aliphatic carbocycles. The zero-order chi connectivity index (χ0) is 18.4. The molecule has 0 unspecified atom stereocenters. The highest BCUT2D eigenvalue weighted by molar-refractivity contribution is 6.03. The van der Waals surface area contributed by atoms with E-state index in [0.717, 1.165) is 12.8 Å². The van der Waals surface area contributed by atoms with Crippen LogP contribution in [0.5, 0.6) is 0 Å². The Balaban J connectivity index is 2.69. The topological polar surface area (TPSA) is 52.6 Å². The van der Waals surface area contributed by atoms with Crippen molar-refractivity contribution in [1.29, 1.82) is 0 Å². The van der Waals surface area contributed by atoms with Crippen molar-refractivity contribution >= 4 is 11.9 Å². The van der Waals surface area contributed by atoms with E-state index >= 15 is 0 Å². The maximum Gasteiger partial charge on any atom is 0.339 e. The van der Waals surface area contributed by atoms with Gasteiger partial charge in [0.25, 0.3) is 0 Å². The van der Waals surface area contributed by atoms with Gasteiger partial charge in [-0.2, -0.15) is 0 Å². The van der Waals surface area contributed by atoms with Crippen molar-refractivity contribution in [3.05, 3.63) is 35.4 Å². The summed E-state index contributed by atoms with van der Waals surface area (Å²) in [5.74, 6) is -0.967.